The maximum atomic E-state index is 14.9. The zero-order valence-electron chi connectivity index (χ0n) is 18.4. The Morgan fingerprint density at radius 2 is 2.13 bits per heavy atom. The van der Waals surface area contributed by atoms with Crippen molar-refractivity contribution in [3.63, 3.8) is 0 Å². The van der Waals surface area contributed by atoms with E-state index in [0.717, 1.165) is 37.1 Å². The Hall–Kier alpha value is -2.87. The van der Waals surface area contributed by atoms with Gasteiger partial charge in [0.15, 0.2) is 5.82 Å². The predicted octanol–water partition coefficient (Wildman–Crippen LogP) is 5.31. The molecule has 2 aromatic rings. The molecule has 1 aliphatic heterocycles. The van der Waals surface area contributed by atoms with Gasteiger partial charge in [0, 0.05) is 37.9 Å². The Labute approximate surface area is 184 Å². The molecule has 1 unspecified atom stereocenters. The van der Waals surface area contributed by atoms with Crippen LogP contribution < -0.4 is 9.64 Å². The van der Waals surface area contributed by atoms with Gasteiger partial charge in [-0.15, -0.1) is 12.3 Å². The van der Waals surface area contributed by atoms with E-state index < -0.39 is 0 Å². The first-order valence-corrected chi connectivity index (χ1v) is 11.1. The van der Waals surface area contributed by atoms with Crippen molar-refractivity contribution >= 4 is 11.5 Å². The third kappa shape index (κ3) is 5.85. The minimum Gasteiger partial charge on any atom is -0.489 e. The number of rotatable bonds is 10. The fourth-order valence-corrected chi connectivity index (χ4v) is 3.91. The van der Waals surface area contributed by atoms with Crippen molar-refractivity contribution in [2.24, 2.45) is 0 Å². The van der Waals surface area contributed by atoms with Crippen molar-refractivity contribution in [2.75, 3.05) is 18.0 Å². The molecule has 0 bridgehead atoms. The van der Waals surface area contributed by atoms with Crippen LogP contribution >= 0.6 is 0 Å². The molecular weight excluding hydrogens is 391 g/mol. The molecule has 0 aliphatic carbocycles. The Kier molecular flexibility index (Phi) is 8.06. The Balaban J connectivity index is 1.58. The van der Waals surface area contributed by atoms with Gasteiger partial charge in [0.1, 0.15) is 17.6 Å². The van der Waals surface area contributed by atoms with E-state index in [-0.39, 0.29) is 23.6 Å². The number of terminal acetylenes is 1. The third-order valence-electron chi connectivity index (χ3n) is 5.88. The highest BCUT2D eigenvalue weighted by atomic mass is 19.1. The number of hydrogen-bond donors (Lipinski definition) is 0. The normalized spacial score (nSPS) is 16.7. The molecule has 1 aliphatic rings. The van der Waals surface area contributed by atoms with Gasteiger partial charge in [-0.05, 0) is 36.6 Å². The molecule has 0 N–H and O–H groups in total. The summed E-state index contributed by atoms with van der Waals surface area (Å²) >= 11 is 0. The standard InChI is InChI=1S/C26H31FN2O2/c1-4-6-8-23-26(27)24(14-16-28-23)29-17-15-22(18-29)31-21-12-10-20(11-13-21)19(3)25(30)9-7-5-2/h2,10-14,16,19,22H,4,6-9,15,17-18H2,1,3H3/t19?,22-/m1/s1. The van der Waals surface area contributed by atoms with Gasteiger partial charge in [-0.1, -0.05) is 32.4 Å². The van der Waals surface area contributed by atoms with Crippen LogP contribution in [0.4, 0.5) is 10.1 Å². The molecule has 4 nitrogen and oxygen atoms in total. The van der Waals surface area contributed by atoms with Gasteiger partial charge in [-0.3, -0.25) is 9.78 Å². The van der Waals surface area contributed by atoms with Gasteiger partial charge < -0.3 is 9.64 Å². The summed E-state index contributed by atoms with van der Waals surface area (Å²) < 4.78 is 21.0. The van der Waals surface area contributed by atoms with Crippen LogP contribution in [0.25, 0.3) is 0 Å². The van der Waals surface area contributed by atoms with Gasteiger partial charge in [-0.2, -0.15) is 0 Å². The molecule has 0 spiro atoms. The average molecular weight is 423 g/mol. The summed E-state index contributed by atoms with van der Waals surface area (Å²) in [4.78, 5) is 18.4. The number of carbonyl (C=O) groups is 1. The van der Waals surface area contributed by atoms with Crippen LogP contribution in [0.15, 0.2) is 36.5 Å². The molecular formula is C26H31FN2O2. The van der Waals surface area contributed by atoms with E-state index in [1.807, 2.05) is 36.1 Å². The number of aromatic nitrogens is 1. The number of hydrogen-bond acceptors (Lipinski definition) is 4. The van der Waals surface area contributed by atoms with Gasteiger partial charge in [-0.25, -0.2) is 4.39 Å². The smallest absolute Gasteiger partial charge is 0.167 e. The molecule has 1 aromatic heterocycles. The number of halogens is 1. The van der Waals surface area contributed by atoms with Gasteiger partial charge in [0.05, 0.1) is 17.9 Å². The lowest BCUT2D eigenvalue weighted by atomic mass is 9.94. The van der Waals surface area contributed by atoms with Crippen LogP contribution in [0, 0.1) is 18.2 Å². The molecule has 31 heavy (non-hydrogen) atoms. The predicted molar refractivity (Wildman–Crippen MR) is 122 cm³/mol. The summed E-state index contributed by atoms with van der Waals surface area (Å²) in [5.41, 5.74) is 2.12. The summed E-state index contributed by atoms with van der Waals surface area (Å²) in [6.07, 6.45) is 11.3. The molecule has 5 heteroatoms. The molecule has 3 rings (SSSR count). The topological polar surface area (TPSA) is 42.4 Å². The average Bonchev–Trinajstić information content (AvgIpc) is 3.25. The van der Waals surface area contributed by atoms with E-state index in [1.54, 1.807) is 12.3 Å². The van der Waals surface area contributed by atoms with E-state index in [0.29, 0.717) is 37.2 Å². The van der Waals surface area contributed by atoms with E-state index in [2.05, 4.69) is 17.8 Å². The number of anilines is 1. The zero-order chi connectivity index (χ0) is 22.2. The second-order valence-corrected chi connectivity index (χ2v) is 8.13. The van der Waals surface area contributed by atoms with Crippen LogP contribution in [0.1, 0.15) is 63.1 Å². The molecule has 0 saturated carbocycles. The Morgan fingerprint density at radius 3 is 2.84 bits per heavy atom. The second-order valence-electron chi connectivity index (χ2n) is 8.13. The van der Waals surface area contributed by atoms with Crippen molar-refractivity contribution in [1.29, 1.82) is 0 Å². The first-order chi connectivity index (χ1) is 15.0. The number of Topliss-reactive ketones (excluding diaryl/α,β-unsaturated/α-hetero) is 1. The van der Waals surface area contributed by atoms with E-state index in [9.17, 15) is 9.18 Å². The highest BCUT2D eigenvalue weighted by Crippen LogP contribution is 2.28. The van der Waals surface area contributed by atoms with Gasteiger partial charge in [0.2, 0.25) is 0 Å². The number of carbonyl (C=O) groups excluding carboxylic acids is 1. The first kappa shape index (κ1) is 22.8. The summed E-state index contributed by atoms with van der Waals surface area (Å²) in [6.45, 7) is 5.38. The van der Waals surface area contributed by atoms with Crippen LogP contribution in [-0.2, 0) is 11.2 Å². The first-order valence-electron chi connectivity index (χ1n) is 11.1. The maximum absolute atomic E-state index is 14.9. The SMILES string of the molecule is C#CCCC(=O)C(C)c1ccc(O[C@@H]2CCN(c3ccnc(CCCC)c3F)C2)cc1. The molecule has 0 amide bonds. The number of unbranched alkanes of at least 4 members (excludes halogenated alkanes) is 1. The molecule has 1 fully saturated rings. The van der Waals surface area contributed by atoms with Crippen molar-refractivity contribution in [3.05, 3.63) is 53.6 Å². The fourth-order valence-electron chi connectivity index (χ4n) is 3.91. The summed E-state index contributed by atoms with van der Waals surface area (Å²) in [6, 6.07) is 9.42. The Bertz CT molecular complexity index is 920. The van der Waals surface area contributed by atoms with E-state index in [1.165, 1.54) is 0 Å². The highest BCUT2D eigenvalue weighted by Gasteiger charge is 2.27. The number of ether oxygens (including phenoxy) is 1. The quantitative estimate of drug-likeness (QED) is 0.487. The lowest BCUT2D eigenvalue weighted by molar-refractivity contribution is -0.120. The lowest BCUT2D eigenvalue weighted by Crippen LogP contribution is -2.25. The largest absolute Gasteiger partial charge is 0.489 e. The maximum Gasteiger partial charge on any atom is 0.167 e. The number of ketones is 1. The van der Waals surface area contributed by atoms with Gasteiger partial charge >= 0.3 is 0 Å². The minimum absolute atomic E-state index is 0.00723. The summed E-state index contributed by atoms with van der Waals surface area (Å²) in [5, 5.41) is 0. The Morgan fingerprint density at radius 1 is 1.35 bits per heavy atom. The van der Waals surface area contributed by atoms with Crippen LogP contribution in [0.3, 0.4) is 0 Å². The summed E-state index contributed by atoms with van der Waals surface area (Å²) in [5.74, 6) is 3.04. The van der Waals surface area contributed by atoms with Crippen molar-refractivity contribution < 1.29 is 13.9 Å². The summed E-state index contributed by atoms with van der Waals surface area (Å²) in [7, 11) is 0. The number of benzene rings is 1. The van der Waals surface area contributed by atoms with Crippen molar-refractivity contribution in [1.82, 2.24) is 4.98 Å². The zero-order valence-corrected chi connectivity index (χ0v) is 18.4. The van der Waals surface area contributed by atoms with Crippen molar-refractivity contribution in [2.45, 2.75) is 64.4 Å². The number of pyridine rings is 1. The van der Waals surface area contributed by atoms with Crippen molar-refractivity contribution in [3.8, 4) is 18.1 Å². The van der Waals surface area contributed by atoms with E-state index >= 15 is 0 Å². The van der Waals surface area contributed by atoms with E-state index in [4.69, 9.17) is 11.2 Å². The van der Waals surface area contributed by atoms with Crippen LogP contribution in [-0.4, -0.2) is 30.0 Å². The number of nitrogens with zero attached hydrogens (tertiary/aromatic N) is 2. The minimum atomic E-state index is -0.204. The van der Waals surface area contributed by atoms with Crippen LogP contribution in [0.5, 0.6) is 5.75 Å². The lowest BCUT2D eigenvalue weighted by Gasteiger charge is -2.20. The molecule has 2 heterocycles. The molecule has 1 aromatic carbocycles. The molecule has 0 radical (unpaired) electrons. The molecule has 2 atom stereocenters. The van der Waals surface area contributed by atoms with Gasteiger partial charge in [0.25, 0.3) is 0 Å². The third-order valence-corrected chi connectivity index (χ3v) is 5.88. The molecule has 164 valence electrons. The number of aryl methyl sites for hydroxylation is 1. The second kappa shape index (κ2) is 10.9. The monoisotopic (exact) mass is 422 g/mol. The molecule has 1 saturated heterocycles. The fraction of sp³-hybridized carbons (Fsp3) is 0.462. The highest BCUT2D eigenvalue weighted by molar-refractivity contribution is 5.85. The van der Waals surface area contributed by atoms with Crippen LogP contribution in [0.2, 0.25) is 0 Å².